The van der Waals surface area contributed by atoms with Gasteiger partial charge >= 0.3 is 0 Å². The van der Waals surface area contributed by atoms with Crippen LogP contribution in [0.4, 0.5) is 11.4 Å². The van der Waals surface area contributed by atoms with E-state index in [1.165, 1.54) is 4.31 Å². The number of carbonyl (C=O) groups is 1. The molecule has 3 aromatic carbocycles. The average molecular weight is 485 g/mol. The predicted octanol–water partition coefficient (Wildman–Crippen LogP) is 4.14. The summed E-state index contributed by atoms with van der Waals surface area (Å²) in [5, 5.41) is 4.57. The molecule has 0 aliphatic rings. The second-order valence-corrected chi connectivity index (χ2v) is 9.97. The molecule has 0 heterocycles. The molecule has 7 nitrogen and oxygen atoms in total. The van der Waals surface area contributed by atoms with E-state index < -0.39 is 15.9 Å². The molecule has 0 unspecified atom stereocenters. The van der Waals surface area contributed by atoms with Crippen molar-refractivity contribution in [3.8, 4) is 0 Å². The van der Waals surface area contributed by atoms with Crippen LogP contribution in [-0.4, -0.2) is 40.9 Å². The number of hydrogen-bond acceptors (Lipinski definition) is 5. The molecule has 0 spiro atoms. The summed E-state index contributed by atoms with van der Waals surface area (Å²) < 4.78 is 26.0. The molecule has 9 heteroatoms. The lowest BCUT2D eigenvalue weighted by Crippen LogP contribution is -2.29. The van der Waals surface area contributed by atoms with Crippen molar-refractivity contribution in [2.45, 2.75) is 6.54 Å². The van der Waals surface area contributed by atoms with Crippen molar-refractivity contribution in [3.05, 3.63) is 94.5 Å². The van der Waals surface area contributed by atoms with Gasteiger partial charge in [0.2, 0.25) is 10.0 Å². The molecule has 3 aromatic rings. The number of halogens is 1. The standard InChI is InChI=1S/C24H25ClN4O3S/c1-28(2)22-12-6-18(7-13-22)16-26-27-24(30)20-8-14-23(15-9-20)29(33(3,31)32)17-19-4-10-21(25)11-5-19/h4-16H,17H2,1-3H3,(H,27,30)/b26-16-. The van der Waals surface area contributed by atoms with E-state index in [1.54, 1.807) is 54.7 Å². The first-order valence-corrected chi connectivity index (χ1v) is 12.3. The van der Waals surface area contributed by atoms with Crippen molar-refractivity contribution >= 4 is 45.1 Å². The van der Waals surface area contributed by atoms with Gasteiger partial charge in [0.05, 0.1) is 24.7 Å². The van der Waals surface area contributed by atoms with Gasteiger partial charge in [-0.05, 0) is 59.7 Å². The molecule has 1 N–H and O–H groups in total. The number of benzene rings is 3. The first-order valence-electron chi connectivity index (χ1n) is 10.1. The zero-order chi connectivity index (χ0) is 24.0. The first kappa shape index (κ1) is 24.3. The maximum absolute atomic E-state index is 12.4. The molecule has 0 radical (unpaired) electrons. The van der Waals surface area contributed by atoms with E-state index in [0.717, 1.165) is 23.1 Å². The summed E-state index contributed by atoms with van der Waals surface area (Å²) in [5.74, 6) is -0.397. The Morgan fingerprint density at radius 2 is 1.52 bits per heavy atom. The van der Waals surface area contributed by atoms with Gasteiger partial charge in [0.1, 0.15) is 0 Å². The Balaban J connectivity index is 1.68. The van der Waals surface area contributed by atoms with Gasteiger partial charge in [-0.2, -0.15) is 5.10 Å². The fraction of sp³-hybridized carbons (Fsp3) is 0.167. The van der Waals surface area contributed by atoms with E-state index in [-0.39, 0.29) is 6.54 Å². The van der Waals surface area contributed by atoms with E-state index >= 15 is 0 Å². The summed E-state index contributed by atoms with van der Waals surface area (Å²) in [5.41, 5.74) is 6.00. The fourth-order valence-corrected chi connectivity index (χ4v) is 4.04. The Morgan fingerprint density at radius 3 is 2.06 bits per heavy atom. The number of rotatable bonds is 8. The highest BCUT2D eigenvalue weighted by Crippen LogP contribution is 2.22. The third-order valence-electron chi connectivity index (χ3n) is 4.85. The summed E-state index contributed by atoms with van der Waals surface area (Å²) in [4.78, 5) is 14.4. The quantitative estimate of drug-likeness (QED) is 0.385. The van der Waals surface area contributed by atoms with Crippen molar-refractivity contribution < 1.29 is 13.2 Å². The normalized spacial score (nSPS) is 11.4. The molecule has 3 rings (SSSR count). The Kier molecular flexibility index (Phi) is 7.73. The smallest absolute Gasteiger partial charge is 0.271 e. The molecule has 0 fully saturated rings. The predicted molar refractivity (Wildman–Crippen MR) is 135 cm³/mol. The van der Waals surface area contributed by atoms with Crippen LogP contribution in [0.15, 0.2) is 77.9 Å². The molecule has 0 aromatic heterocycles. The van der Waals surface area contributed by atoms with E-state index in [1.807, 2.05) is 43.3 Å². The zero-order valence-electron chi connectivity index (χ0n) is 18.6. The molecular formula is C24H25ClN4O3S. The van der Waals surface area contributed by atoms with Gasteiger partial charge in [-0.25, -0.2) is 13.8 Å². The van der Waals surface area contributed by atoms with E-state index in [0.29, 0.717) is 16.3 Å². The topological polar surface area (TPSA) is 82.1 Å². The van der Waals surface area contributed by atoms with Crippen molar-refractivity contribution in [2.75, 3.05) is 29.6 Å². The third kappa shape index (κ3) is 6.81. The maximum atomic E-state index is 12.4. The summed E-state index contributed by atoms with van der Waals surface area (Å²) in [6.45, 7) is 0.151. The number of hydrazone groups is 1. The van der Waals surface area contributed by atoms with Crippen molar-refractivity contribution in [1.29, 1.82) is 0 Å². The van der Waals surface area contributed by atoms with Gasteiger partial charge < -0.3 is 4.90 Å². The van der Waals surface area contributed by atoms with Crippen LogP contribution in [0.25, 0.3) is 0 Å². The molecule has 0 aliphatic heterocycles. The molecule has 1 amide bonds. The SMILES string of the molecule is CN(C)c1ccc(/C=N\NC(=O)c2ccc(N(Cc3ccc(Cl)cc3)S(C)(=O)=O)cc2)cc1. The van der Waals surface area contributed by atoms with Crippen LogP contribution in [0.3, 0.4) is 0 Å². The van der Waals surface area contributed by atoms with Crippen LogP contribution in [0.1, 0.15) is 21.5 Å². The highest BCUT2D eigenvalue weighted by Gasteiger charge is 2.18. The number of sulfonamides is 1. The summed E-state index contributed by atoms with van der Waals surface area (Å²) in [7, 11) is 0.380. The number of carbonyl (C=O) groups excluding carboxylic acids is 1. The molecular weight excluding hydrogens is 460 g/mol. The summed E-state index contributed by atoms with van der Waals surface area (Å²) >= 11 is 5.91. The molecule has 0 saturated heterocycles. The van der Waals surface area contributed by atoms with Crippen LogP contribution < -0.4 is 14.6 Å². The second kappa shape index (κ2) is 10.5. The summed E-state index contributed by atoms with van der Waals surface area (Å²) in [6.07, 6.45) is 2.70. The van der Waals surface area contributed by atoms with E-state index in [4.69, 9.17) is 11.6 Å². The third-order valence-corrected chi connectivity index (χ3v) is 6.24. The Hall–Kier alpha value is -3.36. The van der Waals surface area contributed by atoms with E-state index in [9.17, 15) is 13.2 Å². The highest BCUT2D eigenvalue weighted by molar-refractivity contribution is 7.92. The monoisotopic (exact) mass is 484 g/mol. The highest BCUT2D eigenvalue weighted by atomic mass is 35.5. The molecule has 0 bridgehead atoms. The van der Waals surface area contributed by atoms with Crippen molar-refractivity contribution in [2.24, 2.45) is 5.10 Å². The minimum absolute atomic E-state index is 0.151. The number of anilines is 2. The van der Waals surface area contributed by atoms with Crippen LogP contribution >= 0.6 is 11.6 Å². The molecule has 0 saturated carbocycles. The molecule has 172 valence electrons. The molecule has 0 aliphatic carbocycles. The lowest BCUT2D eigenvalue weighted by molar-refractivity contribution is 0.0955. The summed E-state index contributed by atoms with van der Waals surface area (Å²) in [6, 6.07) is 21.0. The van der Waals surface area contributed by atoms with Gasteiger partial charge in [0.25, 0.3) is 5.91 Å². The van der Waals surface area contributed by atoms with Crippen molar-refractivity contribution in [1.82, 2.24) is 5.43 Å². The van der Waals surface area contributed by atoms with E-state index in [2.05, 4.69) is 10.5 Å². The van der Waals surface area contributed by atoms with Crippen LogP contribution in [-0.2, 0) is 16.6 Å². The zero-order valence-corrected chi connectivity index (χ0v) is 20.1. The number of amides is 1. The van der Waals surface area contributed by atoms with Gasteiger partial charge in [-0.3, -0.25) is 9.10 Å². The van der Waals surface area contributed by atoms with Crippen molar-refractivity contribution in [3.63, 3.8) is 0 Å². The lowest BCUT2D eigenvalue weighted by atomic mass is 10.2. The Labute approximate surface area is 199 Å². The number of nitrogens with zero attached hydrogens (tertiary/aromatic N) is 3. The van der Waals surface area contributed by atoms with Crippen LogP contribution in [0, 0.1) is 0 Å². The fourth-order valence-electron chi connectivity index (χ4n) is 3.02. The number of nitrogens with one attached hydrogen (secondary N) is 1. The largest absolute Gasteiger partial charge is 0.378 e. The van der Waals surface area contributed by atoms with Gasteiger partial charge in [0, 0.05) is 30.4 Å². The van der Waals surface area contributed by atoms with Gasteiger partial charge in [-0.1, -0.05) is 35.9 Å². The minimum Gasteiger partial charge on any atom is -0.378 e. The Bertz CT molecular complexity index is 1220. The lowest BCUT2D eigenvalue weighted by Gasteiger charge is -2.22. The minimum atomic E-state index is -3.54. The second-order valence-electron chi connectivity index (χ2n) is 7.63. The van der Waals surface area contributed by atoms with Crippen LogP contribution in [0.5, 0.6) is 0 Å². The average Bonchev–Trinajstić information content (AvgIpc) is 2.78. The molecule has 33 heavy (non-hydrogen) atoms. The van der Waals surface area contributed by atoms with Crippen LogP contribution in [0.2, 0.25) is 5.02 Å². The first-order chi connectivity index (χ1) is 15.6. The number of hydrogen-bond donors (Lipinski definition) is 1. The Morgan fingerprint density at radius 1 is 0.939 bits per heavy atom. The van der Waals surface area contributed by atoms with Gasteiger partial charge in [0.15, 0.2) is 0 Å². The molecule has 0 atom stereocenters. The maximum Gasteiger partial charge on any atom is 0.271 e. The van der Waals surface area contributed by atoms with Gasteiger partial charge in [-0.15, -0.1) is 0 Å².